The molecule has 0 aliphatic heterocycles. The lowest BCUT2D eigenvalue weighted by Crippen LogP contribution is -2.37. The molecule has 0 saturated heterocycles. The molecule has 3 unspecified atom stereocenters. The van der Waals surface area contributed by atoms with Gasteiger partial charge >= 0.3 is 0 Å². The van der Waals surface area contributed by atoms with Crippen molar-refractivity contribution in [2.24, 2.45) is 7.05 Å². The van der Waals surface area contributed by atoms with Crippen molar-refractivity contribution in [3.63, 3.8) is 0 Å². The number of likely N-dealkylation sites (N-methyl/N-ethyl adjacent to an activating group) is 1. The highest BCUT2D eigenvalue weighted by Gasteiger charge is 2.40. The molecule has 1 saturated carbocycles. The third-order valence-corrected chi connectivity index (χ3v) is 4.00. The first kappa shape index (κ1) is 14.7. The molecule has 0 radical (unpaired) electrons. The van der Waals surface area contributed by atoms with Crippen LogP contribution in [0, 0.1) is 5.82 Å². The number of nitrogens with zero attached hydrogens (tertiary/aromatic N) is 2. The smallest absolute Gasteiger partial charge is 0.242 e. The van der Waals surface area contributed by atoms with E-state index in [0.717, 1.165) is 17.5 Å². The molecule has 22 heavy (non-hydrogen) atoms. The van der Waals surface area contributed by atoms with E-state index in [0.29, 0.717) is 0 Å². The van der Waals surface area contributed by atoms with Crippen LogP contribution < -0.4 is 10.6 Å². The lowest BCUT2D eigenvalue weighted by molar-refractivity contribution is -0.123. The minimum atomic E-state index is -0.428. The summed E-state index contributed by atoms with van der Waals surface area (Å²) in [4.78, 5) is 12.4. The summed E-state index contributed by atoms with van der Waals surface area (Å²) in [7, 11) is 3.56. The van der Waals surface area contributed by atoms with E-state index in [-0.39, 0.29) is 23.7 Å². The number of nitrogens with one attached hydrogen (secondary N) is 2. The van der Waals surface area contributed by atoms with Gasteiger partial charge in [-0.25, -0.2) is 4.39 Å². The number of benzene rings is 1. The molecule has 1 fully saturated rings. The van der Waals surface area contributed by atoms with Crippen LogP contribution in [0.5, 0.6) is 0 Å². The van der Waals surface area contributed by atoms with E-state index < -0.39 is 6.04 Å². The Bertz CT molecular complexity index is 684. The van der Waals surface area contributed by atoms with Crippen LogP contribution in [0.1, 0.15) is 29.5 Å². The van der Waals surface area contributed by atoms with Gasteiger partial charge in [0.05, 0.1) is 6.20 Å². The number of carbonyl (C=O) groups excluding carboxylic acids is 1. The third kappa shape index (κ3) is 3.01. The number of halogens is 1. The predicted octanol–water partition coefficient (Wildman–Crippen LogP) is 1.49. The van der Waals surface area contributed by atoms with Gasteiger partial charge in [0.1, 0.15) is 11.9 Å². The number of hydrogen-bond acceptors (Lipinski definition) is 3. The fourth-order valence-corrected chi connectivity index (χ4v) is 2.76. The Balaban J connectivity index is 1.63. The summed E-state index contributed by atoms with van der Waals surface area (Å²) < 4.78 is 14.9. The van der Waals surface area contributed by atoms with Crippen LogP contribution in [0.25, 0.3) is 0 Å². The average molecular weight is 302 g/mol. The average Bonchev–Trinajstić information content (AvgIpc) is 3.12. The molecule has 116 valence electrons. The molecule has 3 atom stereocenters. The molecule has 1 aliphatic rings. The van der Waals surface area contributed by atoms with Crippen molar-refractivity contribution in [3.05, 3.63) is 53.6 Å². The summed E-state index contributed by atoms with van der Waals surface area (Å²) in [6, 6.07) is 6.21. The number of aryl methyl sites for hydroxylation is 1. The maximum absolute atomic E-state index is 13.2. The molecule has 0 spiro atoms. The van der Waals surface area contributed by atoms with Crippen LogP contribution in [-0.4, -0.2) is 28.8 Å². The summed E-state index contributed by atoms with van der Waals surface area (Å²) >= 11 is 0. The number of hydrogen-bond donors (Lipinski definition) is 2. The Labute approximate surface area is 128 Å². The largest absolute Gasteiger partial charge is 0.351 e. The van der Waals surface area contributed by atoms with Crippen LogP contribution >= 0.6 is 0 Å². The summed E-state index contributed by atoms with van der Waals surface area (Å²) in [6.45, 7) is 0. The topological polar surface area (TPSA) is 59.0 Å². The van der Waals surface area contributed by atoms with E-state index in [1.807, 2.05) is 19.3 Å². The molecule has 1 amide bonds. The quantitative estimate of drug-likeness (QED) is 0.880. The molecular weight excluding hydrogens is 283 g/mol. The van der Waals surface area contributed by atoms with E-state index in [4.69, 9.17) is 0 Å². The molecule has 2 aromatic rings. The Morgan fingerprint density at radius 3 is 2.95 bits per heavy atom. The number of aromatic nitrogens is 2. The van der Waals surface area contributed by atoms with Gasteiger partial charge in [-0.2, -0.15) is 5.10 Å². The lowest BCUT2D eigenvalue weighted by atomic mass is 10.1. The fourth-order valence-electron chi connectivity index (χ4n) is 2.76. The number of amides is 1. The summed E-state index contributed by atoms with van der Waals surface area (Å²) in [5, 5.41) is 10.1. The maximum Gasteiger partial charge on any atom is 0.242 e. The molecule has 3 rings (SSSR count). The van der Waals surface area contributed by atoms with Gasteiger partial charge in [-0.05, 0) is 31.2 Å². The van der Waals surface area contributed by atoms with Gasteiger partial charge in [0.25, 0.3) is 0 Å². The van der Waals surface area contributed by atoms with Crippen LogP contribution in [0.3, 0.4) is 0 Å². The highest BCUT2D eigenvalue weighted by molar-refractivity contribution is 5.83. The minimum absolute atomic E-state index is 0.0711. The van der Waals surface area contributed by atoms with Crippen molar-refractivity contribution in [2.45, 2.75) is 24.4 Å². The second kappa shape index (κ2) is 5.88. The second-order valence-electron chi connectivity index (χ2n) is 5.68. The van der Waals surface area contributed by atoms with E-state index >= 15 is 0 Å². The Morgan fingerprint density at radius 2 is 2.32 bits per heavy atom. The van der Waals surface area contributed by atoms with Crippen molar-refractivity contribution in [1.82, 2.24) is 20.4 Å². The zero-order chi connectivity index (χ0) is 15.7. The number of carbonyl (C=O) groups is 1. The van der Waals surface area contributed by atoms with Crippen LogP contribution in [0.4, 0.5) is 4.39 Å². The van der Waals surface area contributed by atoms with Gasteiger partial charge in [0.15, 0.2) is 0 Å². The normalized spacial score (nSPS) is 21.4. The molecule has 6 heteroatoms. The van der Waals surface area contributed by atoms with E-state index in [9.17, 15) is 9.18 Å². The lowest BCUT2D eigenvalue weighted by Gasteiger charge is -2.14. The SMILES string of the molecule is CNC(C(=O)NC1CC1c1cccc(F)c1)c1cnn(C)c1. The van der Waals surface area contributed by atoms with Gasteiger partial charge in [-0.3, -0.25) is 9.48 Å². The Morgan fingerprint density at radius 1 is 1.50 bits per heavy atom. The fraction of sp³-hybridized carbons (Fsp3) is 0.375. The van der Waals surface area contributed by atoms with Crippen LogP contribution in [0.15, 0.2) is 36.7 Å². The summed E-state index contributed by atoms with van der Waals surface area (Å²) in [5.74, 6) is -0.122. The van der Waals surface area contributed by atoms with Gasteiger partial charge in [0, 0.05) is 30.8 Å². The monoisotopic (exact) mass is 302 g/mol. The first-order valence-electron chi connectivity index (χ1n) is 7.30. The Kier molecular flexibility index (Phi) is 3.94. The van der Waals surface area contributed by atoms with Crippen LogP contribution in [0.2, 0.25) is 0 Å². The van der Waals surface area contributed by atoms with Gasteiger partial charge in [-0.1, -0.05) is 12.1 Å². The molecule has 1 aliphatic carbocycles. The van der Waals surface area contributed by atoms with E-state index in [2.05, 4.69) is 15.7 Å². The van der Waals surface area contributed by atoms with E-state index in [1.54, 1.807) is 24.0 Å². The van der Waals surface area contributed by atoms with Crippen molar-refractivity contribution >= 4 is 5.91 Å². The molecule has 5 nitrogen and oxygen atoms in total. The predicted molar refractivity (Wildman–Crippen MR) is 80.7 cm³/mol. The summed E-state index contributed by atoms with van der Waals surface area (Å²) in [6.07, 6.45) is 4.34. The first-order valence-corrected chi connectivity index (χ1v) is 7.30. The first-order chi connectivity index (χ1) is 10.6. The van der Waals surface area contributed by atoms with Crippen molar-refractivity contribution in [3.8, 4) is 0 Å². The molecule has 1 aromatic carbocycles. The molecular formula is C16H19FN4O. The zero-order valence-electron chi connectivity index (χ0n) is 12.6. The zero-order valence-corrected chi connectivity index (χ0v) is 12.6. The molecule has 2 N–H and O–H groups in total. The van der Waals surface area contributed by atoms with Gasteiger partial charge in [0.2, 0.25) is 5.91 Å². The highest BCUT2D eigenvalue weighted by atomic mass is 19.1. The third-order valence-electron chi connectivity index (χ3n) is 4.00. The van der Waals surface area contributed by atoms with E-state index in [1.165, 1.54) is 12.1 Å². The van der Waals surface area contributed by atoms with Crippen LogP contribution in [-0.2, 0) is 11.8 Å². The van der Waals surface area contributed by atoms with Gasteiger partial charge in [-0.15, -0.1) is 0 Å². The van der Waals surface area contributed by atoms with Crippen molar-refractivity contribution in [1.29, 1.82) is 0 Å². The molecule has 1 heterocycles. The highest BCUT2D eigenvalue weighted by Crippen LogP contribution is 2.41. The molecule has 1 aromatic heterocycles. The standard InChI is InChI=1S/C16H19FN4O/c1-18-15(11-8-19-21(2)9-11)16(22)20-14-7-13(14)10-4-3-5-12(17)6-10/h3-6,8-9,13-15,18H,7H2,1-2H3,(H,20,22). The second-order valence-corrected chi connectivity index (χ2v) is 5.68. The van der Waals surface area contributed by atoms with Crippen molar-refractivity contribution < 1.29 is 9.18 Å². The number of rotatable bonds is 5. The Hall–Kier alpha value is -2.21. The van der Waals surface area contributed by atoms with Gasteiger partial charge < -0.3 is 10.6 Å². The summed E-state index contributed by atoms with van der Waals surface area (Å²) in [5.41, 5.74) is 1.76. The maximum atomic E-state index is 13.2. The molecule has 0 bridgehead atoms. The minimum Gasteiger partial charge on any atom is -0.351 e. The van der Waals surface area contributed by atoms with Crippen molar-refractivity contribution in [2.75, 3.05) is 7.05 Å².